The molecule has 1 aromatic rings. The van der Waals surface area contributed by atoms with Crippen molar-refractivity contribution in [1.82, 2.24) is 0 Å². The molecule has 18 heavy (non-hydrogen) atoms. The van der Waals surface area contributed by atoms with Gasteiger partial charge in [0.25, 0.3) is 0 Å². The zero-order valence-corrected chi connectivity index (χ0v) is 11.3. The lowest BCUT2D eigenvalue weighted by Gasteiger charge is -2.18. The van der Waals surface area contributed by atoms with Gasteiger partial charge in [0.1, 0.15) is 17.3 Å². The number of hydrogen-bond acceptors (Lipinski definition) is 2. The predicted molar refractivity (Wildman–Crippen MR) is 70.5 cm³/mol. The highest BCUT2D eigenvalue weighted by Crippen LogP contribution is 2.33. The maximum atomic E-state index is 13.3. The largest absolute Gasteiger partial charge is 0.496 e. The van der Waals surface area contributed by atoms with Gasteiger partial charge in [-0.15, -0.1) is 0 Å². The Morgan fingerprint density at radius 3 is 2.67 bits per heavy atom. The second-order valence-electron chi connectivity index (χ2n) is 4.42. The molecule has 0 saturated carbocycles. The monoisotopic (exact) mass is 252 g/mol. The Labute approximate surface area is 108 Å². The first-order valence-electron chi connectivity index (χ1n) is 6.47. The van der Waals surface area contributed by atoms with Crippen LogP contribution >= 0.6 is 0 Å². The third-order valence-electron chi connectivity index (χ3n) is 3.29. The molecule has 0 fully saturated rings. The fraction of sp³-hybridized carbons (Fsp3) is 0.533. The molecule has 2 nitrogen and oxygen atoms in total. The smallest absolute Gasteiger partial charge is 0.132 e. The minimum atomic E-state index is -0.258. The summed E-state index contributed by atoms with van der Waals surface area (Å²) in [6, 6.07) is 4.56. The van der Waals surface area contributed by atoms with Crippen molar-refractivity contribution in [3.63, 3.8) is 0 Å². The molecule has 1 rings (SSSR count). The fourth-order valence-electron chi connectivity index (χ4n) is 2.12. The first-order valence-corrected chi connectivity index (χ1v) is 6.47. The van der Waals surface area contributed by atoms with E-state index in [0.29, 0.717) is 18.6 Å². The van der Waals surface area contributed by atoms with Gasteiger partial charge in [0.05, 0.1) is 7.11 Å². The van der Waals surface area contributed by atoms with E-state index in [4.69, 9.17) is 4.74 Å². The Hall–Kier alpha value is -1.38. The van der Waals surface area contributed by atoms with Crippen molar-refractivity contribution in [2.75, 3.05) is 7.11 Å². The Bertz CT molecular complexity index is 401. The topological polar surface area (TPSA) is 26.3 Å². The molecule has 0 N–H and O–H groups in total. The van der Waals surface area contributed by atoms with Gasteiger partial charge in [-0.3, -0.25) is 4.79 Å². The number of benzene rings is 1. The molecule has 0 radical (unpaired) electrons. The number of halogens is 1. The molecule has 0 heterocycles. The molecule has 0 aliphatic rings. The number of ether oxygens (including phenoxy) is 1. The third-order valence-corrected chi connectivity index (χ3v) is 3.29. The van der Waals surface area contributed by atoms with Gasteiger partial charge in [0, 0.05) is 18.4 Å². The van der Waals surface area contributed by atoms with Gasteiger partial charge < -0.3 is 4.74 Å². The molecule has 1 aromatic carbocycles. The van der Waals surface area contributed by atoms with Gasteiger partial charge in [-0.25, -0.2) is 4.39 Å². The van der Waals surface area contributed by atoms with E-state index in [1.54, 1.807) is 13.2 Å². The second-order valence-corrected chi connectivity index (χ2v) is 4.42. The van der Waals surface area contributed by atoms with Gasteiger partial charge in [-0.2, -0.15) is 0 Å². The van der Waals surface area contributed by atoms with E-state index >= 15 is 0 Å². The van der Waals surface area contributed by atoms with Crippen molar-refractivity contribution in [2.24, 2.45) is 0 Å². The molecule has 0 saturated heterocycles. The predicted octanol–water partition coefficient (Wildman–Crippen LogP) is 4.09. The average Bonchev–Trinajstić information content (AvgIpc) is 2.39. The van der Waals surface area contributed by atoms with Gasteiger partial charge >= 0.3 is 0 Å². The van der Waals surface area contributed by atoms with Crippen LogP contribution in [0.1, 0.15) is 51.0 Å². The molecule has 1 atom stereocenters. The van der Waals surface area contributed by atoms with Crippen molar-refractivity contribution in [2.45, 2.75) is 45.4 Å². The first kappa shape index (κ1) is 14.7. The molecular weight excluding hydrogens is 231 g/mol. The average molecular weight is 252 g/mol. The Balaban J connectivity index is 2.86. The van der Waals surface area contributed by atoms with Gasteiger partial charge in [0.15, 0.2) is 0 Å². The number of carbonyl (C=O) groups excluding carboxylic acids is 1. The quantitative estimate of drug-likeness (QED) is 0.730. The number of hydrogen-bond donors (Lipinski definition) is 0. The van der Waals surface area contributed by atoms with Crippen molar-refractivity contribution in [1.29, 1.82) is 0 Å². The summed E-state index contributed by atoms with van der Waals surface area (Å²) in [6.45, 7) is 3.91. The van der Waals surface area contributed by atoms with Crippen LogP contribution in [0.15, 0.2) is 18.2 Å². The Morgan fingerprint density at radius 2 is 2.11 bits per heavy atom. The second kappa shape index (κ2) is 7.14. The lowest BCUT2D eigenvalue weighted by molar-refractivity contribution is -0.118. The number of ketones is 1. The summed E-state index contributed by atoms with van der Waals surface area (Å²) in [5.74, 6) is 0.869. The Kier molecular flexibility index (Phi) is 5.83. The lowest BCUT2D eigenvalue weighted by atomic mass is 9.90. The molecular formula is C15H21FO2. The zero-order chi connectivity index (χ0) is 13.5. The summed E-state index contributed by atoms with van der Waals surface area (Å²) in [6.07, 6.45) is 2.74. The van der Waals surface area contributed by atoms with Crippen LogP contribution in [0.5, 0.6) is 5.75 Å². The van der Waals surface area contributed by atoms with E-state index < -0.39 is 0 Å². The molecule has 0 aliphatic heterocycles. The molecule has 100 valence electrons. The minimum Gasteiger partial charge on any atom is -0.496 e. The van der Waals surface area contributed by atoms with Crippen LogP contribution in [0, 0.1) is 5.82 Å². The number of carbonyl (C=O) groups is 1. The number of Topliss-reactive ketones (excluding diaryl/α,β-unsaturated/α-hetero) is 1. The SMILES string of the molecule is CCC(=O)CCC(CC)c1cc(F)ccc1OC. The van der Waals surface area contributed by atoms with E-state index in [0.717, 1.165) is 18.4 Å². The van der Waals surface area contributed by atoms with Gasteiger partial charge in [-0.1, -0.05) is 13.8 Å². The molecule has 0 amide bonds. The van der Waals surface area contributed by atoms with Crippen molar-refractivity contribution in [3.05, 3.63) is 29.6 Å². The maximum absolute atomic E-state index is 13.3. The summed E-state index contributed by atoms with van der Waals surface area (Å²) < 4.78 is 18.6. The summed E-state index contributed by atoms with van der Waals surface area (Å²) in [7, 11) is 1.58. The Morgan fingerprint density at radius 1 is 1.39 bits per heavy atom. The highest BCUT2D eigenvalue weighted by molar-refractivity contribution is 5.78. The molecule has 0 aromatic heterocycles. The summed E-state index contributed by atoms with van der Waals surface area (Å²) >= 11 is 0. The highest BCUT2D eigenvalue weighted by atomic mass is 19.1. The normalized spacial score (nSPS) is 12.2. The van der Waals surface area contributed by atoms with Gasteiger partial charge in [0.2, 0.25) is 0 Å². The van der Waals surface area contributed by atoms with E-state index in [9.17, 15) is 9.18 Å². The van der Waals surface area contributed by atoms with Crippen molar-refractivity contribution < 1.29 is 13.9 Å². The fourth-order valence-corrected chi connectivity index (χ4v) is 2.12. The van der Waals surface area contributed by atoms with E-state index in [1.165, 1.54) is 12.1 Å². The van der Waals surface area contributed by atoms with Crippen LogP contribution in [-0.4, -0.2) is 12.9 Å². The van der Waals surface area contributed by atoms with Gasteiger partial charge in [-0.05, 0) is 37.0 Å². The van der Waals surface area contributed by atoms with Crippen molar-refractivity contribution >= 4 is 5.78 Å². The third kappa shape index (κ3) is 3.83. The van der Waals surface area contributed by atoms with E-state index in [-0.39, 0.29) is 17.5 Å². The first-order chi connectivity index (χ1) is 8.62. The summed E-state index contributed by atoms with van der Waals surface area (Å²) in [5.41, 5.74) is 0.865. The molecule has 3 heteroatoms. The molecule has 0 aliphatic carbocycles. The summed E-state index contributed by atoms with van der Waals surface area (Å²) in [5, 5.41) is 0. The maximum Gasteiger partial charge on any atom is 0.132 e. The van der Waals surface area contributed by atoms with Crippen LogP contribution in [-0.2, 0) is 4.79 Å². The number of rotatable bonds is 7. The lowest BCUT2D eigenvalue weighted by Crippen LogP contribution is -2.05. The van der Waals surface area contributed by atoms with Crippen LogP contribution < -0.4 is 4.74 Å². The van der Waals surface area contributed by atoms with Crippen LogP contribution in [0.4, 0.5) is 4.39 Å². The standard InChI is InChI=1S/C15H21FO2/c1-4-11(6-8-13(17)5-2)14-10-12(16)7-9-15(14)18-3/h7,9-11H,4-6,8H2,1-3H3. The highest BCUT2D eigenvalue weighted by Gasteiger charge is 2.16. The van der Waals surface area contributed by atoms with Crippen molar-refractivity contribution in [3.8, 4) is 5.75 Å². The van der Waals surface area contributed by atoms with Crippen LogP contribution in [0.3, 0.4) is 0 Å². The molecule has 1 unspecified atom stereocenters. The van der Waals surface area contributed by atoms with Crippen LogP contribution in [0.2, 0.25) is 0 Å². The van der Waals surface area contributed by atoms with E-state index in [1.807, 2.05) is 13.8 Å². The van der Waals surface area contributed by atoms with E-state index in [2.05, 4.69) is 0 Å². The summed E-state index contributed by atoms with van der Waals surface area (Å²) in [4.78, 5) is 11.4. The molecule has 0 spiro atoms. The number of methoxy groups -OCH3 is 1. The zero-order valence-electron chi connectivity index (χ0n) is 11.3. The molecule has 0 bridgehead atoms. The van der Waals surface area contributed by atoms with Crippen LogP contribution in [0.25, 0.3) is 0 Å². The minimum absolute atomic E-state index is 0.172.